The van der Waals surface area contributed by atoms with Crippen molar-refractivity contribution < 1.29 is 23.0 Å². The van der Waals surface area contributed by atoms with E-state index in [4.69, 9.17) is 0 Å². The van der Waals surface area contributed by atoms with Gasteiger partial charge >= 0.3 is 6.29 Å². The number of amides is 1. The zero-order valence-electron chi connectivity index (χ0n) is 17.1. The van der Waals surface area contributed by atoms with Crippen LogP contribution >= 0.6 is 11.3 Å². The number of H-pyrrole nitrogens is 1. The first kappa shape index (κ1) is 20.8. The number of nitrogens with one attached hydrogen (secondary N) is 2. The topological polar surface area (TPSA) is 96.6 Å². The molecule has 1 amide bonds. The lowest BCUT2D eigenvalue weighted by atomic mass is 9.91. The summed E-state index contributed by atoms with van der Waals surface area (Å²) in [4.78, 5) is 33.4. The summed E-state index contributed by atoms with van der Waals surface area (Å²) in [7, 11) is 0. The van der Waals surface area contributed by atoms with Crippen LogP contribution in [-0.2, 0) is 4.79 Å². The van der Waals surface area contributed by atoms with Gasteiger partial charge in [-0.3, -0.25) is 14.5 Å². The second kappa shape index (κ2) is 7.82. The minimum Gasteiger partial charge on any atom is -0.395 e. The summed E-state index contributed by atoms with van der Waals surface area (Å²) in [5, 5.41) is 3.21. The van der Waals surface area contributed by atoms with E-state index in [9.17, 15) is 18.4 Å². The molecule has 3 aromatic rings. The number of carbonyl (C=O) groups excluding carboxylic acids is 1. The van der Waals surface area contributed by atoms with Crippen molar-refractivity contribution in [1.82, 2.24) is 14.9 Å². The van der Waals surface area contributed by atoms with Crippen molar-refractivity contribution in [2.45, 2.75) is 38.0 Å². The number of aromatic amines is 1. The molecule has 0 aliphatic carbocycles. The molecule has 4 heterocycles. The van der Waals surface area contributed by atoms with Crippen molar-refractivity contribution in [2.24, 2.45) is 0 Å². The molecule has 0 saturated carbocycles. The maximum Gasteiger partial charge on any atom is 0.586 e. The Morgan fingerprint density at radius 3 is 2.88 bits per heavy atom. The number of alkyl halides is 2. The van der Waals surface area contributed by atoms with Crippen molar-refractivity contribution in [3.05, 3.63) is 46.4 Å². The van der Waals surface area contributed by atoms with Gasteiger partial charge in [-0.2, -0.15) is 0 Å². The van der Waals surface area contributed by atoms with Gasteiger partial charge in [-0.15, -0.1) is 8.78 Å². The van der Waals surface area contributed by atoms with Gasteiger partial charge in [-0.1, -0.05) is 17.4 Å². The Labute approximate surface area is 185 Å². The molecule has 5 rings (SSSR count). The Morgan fingerprint density at radius 2 is 2.12 bits per heavy atom. The monoisotopic (exact) mass is 462 g/mol. The number of carbonyl (C=O) groups is 1. The number of hydrogen-bond donors (Lipinski definition) is 2. The Kier molecular flexibility index (Phi) is 5.09. The van der Waals surface area contributed by atoms with E-state index in [-0.39, 0.29) is 34.9 Å². The van der Waals surface area contributed by atoms with E-state index in [0.717, 1.165) is 24.9 Å². The third-order valence-corrected chi connectivity index (χ3v) is 6.73. The van der Waals surface area contributed by atoms with Gasteiger partial charge < -0.3 is 19.8 Å². The van der Waals surface area contributed by atoms with Gasteiger partial charge in [-0.25, -0.2) is 4.98 Å². The molecule has 11 heteroatoms. The fourth-order valence-electron chi connectivity index (χ4n) is 4.11. The molecule has 2 aliphatic rings. The molecule has 1 saturated heterocycles. The predicted molar refractivity (Wildman–Crippen MR) is 115 cm³/mol. The Hall–Kier alpha value is -3.05. The first-order valence-electron chi connectivity index (χ1n) is 10.2. The number of aromatic nitrogens is 2. The number of rotatable bonds is 4. The summed E-state index contributed by atoms with van der Waals surface area (Å²) in [6.07, 6.45) is -0.00992. The van der Waals surface area contributed by atoms with Gasteiger partial charge in [0.25, 0.3) is 0 Å². The summed E-state index contributed by atoms with van der Waals surface area (Å²) in [6.45, 7) is 3.34. The fourth-order valence-corrected chi connectivity index (χ4v) is 4.99. The van der Waals surface area contributed by atoms with Crippen LogP contribution < -0.4 is 20.3 Å². The maximum absolute atomic E-state index is 13.2. The molecule has 0 unspecified atom stereocenters. The van der Waals surface area contributed by atoms with Crippen LogP contribution in [0, 0.1) is 0 Å². The maximum atomic E-state index is 13.2. The van der Waals surface area contributed by atoms with Crippen LogP contribution in [0.15, 0.2) is 35.3 Å². The summed E-state index contributed by atoms with van der Waals surface area (Å²) < 4.78 is 36.0. The third kappa shape index (κ3) is 4.05. The highest BCUT2D eigenvalue weighted by molar-refractivity contribution is 7.22. The molecule has 2 aliphatic heterocycles. The van der Waals surface area contributed by atoms with E-state index < -0.39 is 6.29 Å². The minimum atomic E-state index is -3.68. The van der Waals surface area contributed by atoms with Crippen LogP contribution in [0.5, 0.6) is 11.5 Å². The minimum absolute atomic E-state index is 0.0565. The molecular formula is C21H20F2N4O4S. The molecule has 8 nitrogen and oxygen atoms in total. The quantitative estimate of drug-likeness (QED) is 0.616. The van der Waals surface area contributed by atoms with Crippen molar-refractivity contribution in [2.75, 3.05) is 18.4 Å². The average Bonchev–Trinajstić information content (AvgIpc) is 3.28. The molecule has 0 spiro atoms. The fraction of sp³-hybridized carbons (Fsp3) is 0.381. The van der Waals surface area contributed by atoms with Gasteiger partial charge in [-0.05, 0) is 37.8 Å². The zero-order valence-corrected chi connectivity index (χ0v) is 17.9. The van der Waals surface area contributed by atoms with Crippen LogP contribution in [0.1, 0.15) is 31.2 Å². The number of ether oxygens (including phenoxy) is 2. The normalized spacial score (nSPS) is 20.9. The molecule has 32 heavy (non-hydrogen) atoms. The van der Waals surface area contributed by atoms with Crippen LogP contribution in [0.2, 0.25) is 0 Å². The van der Waals surface area contributed by atoms with Crippen LogP contribution in [0.25, 0.3) is 10.2 Å². The second-order valence-electron chi connectivity index (χ2n) is 7.94. The molecule has 168 valence electrons. The van der Waals surface area contributed by atoms with Crippen LogP contribution in [0.3, 0.4) is 0 Å². The van der Waals surface area contributed by atoms with E-state index in [0.29, 0.717) is 21.9 Å². The number of halogens is 2. The van der Waals surface area contributed by atoms with E-state index >= 15 is 0 Å². The largest absolute Gasteiger partial charge is 0.586 e. The Morgan fingerprint density at radius 1 is 1.34 bits per heavy atom. The lowest BCUT2D eigenvalue weighted by Crippen LogP contribution is -2.46. The summed E-state index contributed by atoms with van der Waals surface area (Å²) in [5.41, 5.74) is 1.35. The highest BCUT2D eigenvalue weighted by atomic mass is 32.1. The van der Waals surface area contributed by atoms with E-state index in [2.05, 4.69) is 29.7 Å². The lowest BCUT2D eigenvalue weighted by Gasteiger charge is -2.36. The smallest absolute Gasteiger partial charge is 0.395 e. The first-order valence-corrected chi connectivity index (χ1v) is 11.0. The number of benzene rings is 1. The Balaban J connectivity index is 1.27. The zero-order chi connectivity index (χ0) is 22.5. The number of fused-ring (bicyclic) bond motifs is 2. The molecular weight excluding hydrogens is 442 g/mol. The highest BCUT2D eigenvalue weighted by Gasteiger charge is 2.43. The Bertz CT molecular complexity index is 1180. The van der Waals surface area contributed by atoms with Crippen LogP contribution in [-0.4, -0.2) is 46.2 Å². The van der Waals surface area contributed by atoms with E-state index in [1.165, 1.54) is 29.5 Å². The van der Waals surface area contributed by atoms with Crippen molar-refractivity contribution in [1.29, 1.82) is 0 Å². The molecule has 0 radical (unpaired) electrons. The average molecular weight is 462 g/mol. The third-order valence-electron chi connectivity index (χ3n) is 5.80. The SMILES string of the molecule is C[C@@H](C(=O)Nc1nc2cc3c(cc2s1)OC(F)(F)O3)N1CCC[C@@H](c2ccc(=O)[nH]c2)C1. The van der Waals surface area contributed by atoms with Crippen molar-refractivity contribution in [3.63, 3.8) is 0 Å². The van der Waals surface area contributed by atoms with Gasteiger partial charge in [0, 0.05) is 30.9 Å². The molecule has 2 aromatic heterocycles. The lowest BCUT2D eigenvalue weighted by molar-refractivity contribution is -0.286. The first-order chi connectivity index (χ1) is 15.3. The molecule has 1 fully saturated rings. The van der Waals surface area contributed by atoms with Gasteiger partial charge in [0.1, 0.15) is 0 Å². The molecule has 2 N–H and O–H groups in total. The molecule has 0 bridgehead atoms. The summed E-state index contributed by atoms with van der Waals surface area (Å²) >= 11 is 1.18. The van der Waals surface area contributed by atoms with E-state index in [1.807, 2.05) is 13.0 Å². The number of pyridine rings is 1. The number of hydrogen-bond acceptors (Lipinski definition) is 7. The number of likely N-dealkylation sites (tertiary alicyclic amines) is 1. The second-order valence-corrected chi connectivity index (χ2v) is 8.97. The number of piperidine rings is 1. The summed E-state index contributed by atoms with van der Waals surface area (Å²) in [5.74, 6) is -0.101. The van der Waals surface area contributed by atoms with Crippen molar-refractivity contribution >= 4 is 32.6 Å². The van der Waals surface area contributed by atoms with Crippen LogP contribution in [0.4, 0.5) is 13.9 Å². The standard InChI is InChI=1S/C21H20F2N4O4S/c1-11(27-6-2-3-13(10-27)12-4-5-18(28)24-9-12)19(29)26-20-25-14-7-15-16(8-17(14)32-20)31-21(22,23)30-15/h4-5,7-9,11,13H,2-3,6,10H2,1H3,(H,24,28)(H,25,26,29)/t11-,13+/m0/s1. The number of nitrogens with zero attached hydrogens (tertiary/aromatic N) is 2. The number of thiazole rings is 1. The van der Waals surface area contributed by atoms with Gasteiger partial charge in [0.05, 0.1) is 16.3 Å². The highest BCUT2D eigenvalue weighted by Crippen LogP contribution is 2.44. The molecule has 1 aromatic carbocycles. The van der Waals surface area contributed by atoms with Gasteiger partial charge in [0.2, 0.25) is 11.5 Å². The molecule has 2 atom stereocenters. The predicted octanol–water partition coefficient (Wildman–Crippen LogP) is 3.51. The number of anilines is 1. The van der Waals surface area contributed by atoms with E-state index in [1.54, 1.807) is 6.20 Å². The van der Waals surface area contributed by atoms with Gasteiger partial charge in [0.15, 0.2) is 16.6 Å². The van der Waals surface area contributed by atoms with Crippen molar-refractivity contribution in [3.8, 4) is 11.5 Å². The summed E-state index contributed by atoms with van der Waals surface area (Å²) in [6, 6.07) is 5.77.